The van der Waals surface area contributed by atoms with Crippen molar-refractivity contribution in [3.8, 4) is 0 Å². The number of anilines is 1. The van der Waals surface area contributed by atoms with E-state index in [2.05, 4.69) is 20.8 Å². The Morgan fingerprint density at radius 1 is 1.67 bits per heavy atom. The highest BCUT2D eigenvalue weighted by atomic mass is 16.2. The number of carbonyl (C=O) groups excluding carboxylic acids is 1. The van der Waals surface area contributed by atoms with E-state index in [1.54, 1.807) is 25.9 Å². The fraction of sp³-hybridized carbons (Fsp3) is 0.750. The lowest BCUT2D eigenvalue weighted by atomic mass is 10.3. The molecule has 1 N–H and O–H groups in total. The van der Waals surface area contributed by atoms with E-state index in [-0.39, 0.29) is 11.9 Å². The number of amides is 1. The van der Waals surface area contributed by atoms with Crippen LogP contribution < -0.4 is 5.32 Å². The van der Waals surface area contributed by atoms with Crippen LogP contribution in [-0.4, -0.2) is 50.6 Å². The number of likely N-dealkylation sites (N-methyl/N-ethyl adjacent to an activating group) is 1. The highest BCUT2D eigenvalue weighted by Crippen LogP contribution is 2.01. The first kappa shape index (κ1) is 11.4. The molecule has 0 spiro atoms. The van der Waals surface area contributed by atoms with E-state index in [4.69, 9.17) is 0 Å². The number of hydrogen-bond acceptors (Lipinski definition) is 5. The van der Waals surface area contributed by atoms with Crippen molar-refractivity contribution in [1.29, 1.82) is 0 Å². The molecule has 0 fully saturated rings. The molecule has 0 saturated carbocycles. The summed E-state index contributed by atoms with van der Waals surface area (Å²) in [4.78, 5) is 13.3. The summed E-state index contributed by atoms with van der Waals surface area (Å²) in [7, 11) is 3.47. The van der Waals surface area contributed by atoms with Gasteiger partial charge in [-0.15, -0.1) is 0 Å². The standard InChI is InChI=1S/C8H16N6O/c1-5-13(3)7(15)6(2)9-8-10-11-12-14(8)4/h6H,5H2,1-4H3,(H,9,10,12). The van der Waals surface area contributed by atoms with Gasteiger partial charge in [0.2, 0.25) is 11.9 Å². The Morgan fingerprint density at radius 2 is 2.33 bits per heavy atom. The molecule has 0 saturated heterocycles. The lowest BCUT2D eigenvalue weighted by molar-refractivity contribution is -0.130. The van der Waals surface area contributed by atoms with E-state index < -0.39 is 0 Å². The minimum Gasteiger partial charge on any atom is -0.344 e. The number of tetrazole rings is 1. The molecular weight excluding hydrogens is 196 g/mol. The summed E-state index contributed by atoms with van der Waals surface area (Å²) in [5.41, 5.74) is 0. The van der Waals surface area contributed by atoms with Gasteiger partial charge in [0, 0.05) is 20.6 Å². The van der Waals surface area contributed by atoms with Gasteiger partial charge in [-0.05, 0) is 24.3 Å². The minimum atomic E-state index is -0.334. The third-order valence-corrected chi connectivity index (χ3v) is 2.19. The lowest BCUT2D eigenvalue weighted by Gasteiger charge is -2.20. The van der Waals surface area contributed by atoms with Crippen molar-refractivity contribution in [1.82, 2.24) is 25.1 Å². The van der Waals surface area contributed by atoms with Crippen LogP contribution in [0.3, 0.4) is 0 Å². The van der Waals surface area contributed by atoms with Gasteiger partial charge in [-0.1, -0.05) is 5.10 Å². The van der Waals surface area contributed by atoms with Crippen molar-refractivity contribution in [3.63, 3.8) is 0 Å². The number of carbonyl (C=O) groups is 1. The number of nitrogens with zero attached hydrogens (tertiary/aromatic N) is 5. The van der Waals surface area contributed by atoms with Crippen molar-refractivity contribution >= 4 is 11.9 Å². The Balaban J connectivity index is 2.60. The first-order valence-electron chi connectivity index (χ1n) is 4.80. The Hall–Kier alpha value is -1.66. The van der Waals surface area contributed by atoms with Crippen LogP contribution in [0.4, 0.5) is 5.95 Å². The fourth-order valence-corrected chi connectivity index (χ4v) is 1.09. The molecule has 84 valence electrons. The molecule has 0 radical (unpaired) electrons. The summed E-state index contributed by atoms with van der Waals surface area (Å²) >= 11 is 0. The van der Waals surface area contributed by atoms with Crippen LogP contribution in [0.15, 0.2) is 0 Å². The van der Waals surface area contributed by atoms with Crippen LogP contribution in [0.5, 0.6) is 0 Å². The smallest absolute Gasteiger partial charge is 0.244 e. The second-order valence-corrected chi connectivity index (χ2v) is 3.34. The third kappa shape index (κ3) is 2.64. The van der Waals surface area contributed by atoms with Crippen LogP contribution in [0.25, 0.3) is 0 Å². The lowest BCUT2D eigenvalue weighted by Crippen LogP contribution is -2.39. The first-order chi connectivity index (χ1) is 7.06. The number of aryl methyl sites for hydroxylation is 1. The van der Waals surface area contributed by atoms with Crippen LogP contribution in [0, 0.1) is 0 Å². The van der Waals surface area contributed by atoms with Crippen molar-refractivity contribution in [2.45, 2.75) is 19.9 Å². The van der Waals surface area contributed by atoms with Gasteiger partial charge in [0.05, 0.1) is 0 Å². The zero-order valence-electron chi connectivity index (χ0n) is 9.43. The highest BCUT2D eigenvalue weighted by Gasteiger charge is 2.17. The molecule has 15 heavy (non-hydrogen) atoms. The van der Waals surface area contributed by atoms with E-state index in [0.717, 1.165) is 0 Å². The fourth-order valence-electron chi connectivity index (χ4n) is 1.09. The maximum absolute atomic E-state index is 11.7. The van der Waals surface area contributed by atoms with E-state index in [9.17, 15) is 4.79 Å². The number of rotatable bonds is 4. The van der Waals surface area contributed by atoms with Crippen molar-refractivity contribution in [2.75, 3.05) is 18.9 Å². The number of nitrogens with one attached hydrogen (secondary N) is 1. The van der Waals surface area contributed by atoms with Gasteiger partial charge in [0.25, 0.3) is 0 Å². The van der Waals surface area contributed by atoms with Gasteiger partial charge in [0.15, 0.2) is 0 Å². The average molecular weight is 212 g/mol. The van der Waals surface area contributed by atoms with Crippen LogP contribution in [0.1, 0.15) is 13.8 Å². The molecule has 0 aliphatic heterocycles. The van der Waals surface area contributed by atoms with Gasteiger partial charge in [-0.2, -0.15) is 0 Å². The van der Waals surface area contributed by atoms with E-state index in [1.807, 2.05) is 6.92 Å². The third-order valence-electron chi connectivity index (χ3n) is 2.19. The Kier molecular flexibility index (Phi) is 3.59. The summed E-state index contributed by atoms with van der Waals surface area (Å²) in [5, 5.41) is 13.8. The summed E-state index contributed by atoms with van der Waals surface area (Å²) < 4.78 is 1.48. The summed E-state index contributed by atoms with van der Waals surface area (Å²) in [6, 6.07) is -0.334. The molecule has 7 heteroatoms. The topological polar surface area (TPSA) is 75.9 Å². The summed E-state index contributed by atoms with van der Waals surface area (Å²) in [6.07, 6.45) is 0. The monoisotopic (exact) mass is 212 g/mol. The predicted octanol–water partition coefficient (Wildman–Crippen LogP) is -0.511. The first-order valence-corrected chi connectivity index (χ1v) is 4.80. The van der Waals surface area contributed by atoms with Gasteiger partial charge < -0.3 is 10.2 Å². The van der Waals surface area contributed by atoms with E-state index in [1.165, 1.54) is 4.68 Å². The van der Waals surface area contributed by atoms with Crippen LogP contribution >= 0.6 is 0 Å². The number of hydrogen-bond donors (Lipinski definition) is 1. The zero-order chi connectivity index (χ0) is 11.4. The second-order valence-electron chi connectivity index (χ2n) is 3.34. The van der Waals surface area contributed by atoms with E-state index >= 15 is 0 Å². The highest BCUT2D eigenvalue weighted by molar-refractivity contribution is 5.83. The minimum absolute atomic E-state index is 0.0144. The molecule has 1 aromatic rings. The average Bonchev–Trinajstić information content (AvgIpc) is 2.62. The van der Waals surface area contributed by atoms with Crippen LogP contribution in [-0.2, 0) is 11.8 Å². The molecule has 1 rings (SSSR count). The Labute approximate surface area is 88.4 Å². The molecule has 0 aromatic carbocycles. The van der Waals surface area contributed by atoms with Gasteiger partial charge in [0.1, 0.15) is 6.04 Å². The second kappa shape index (κ2) is 4.72. The molecule has 0 bridgehead atoms. The molecule has 1 atom stereocenters. The van der Waals surface area contributed by atoms with Crippen molar-refractivity contribution < 1.29 is 4.79 Å². The normalized spacial score (nSPS) is 12.3. The van der Waals surface area contributed by atoms with Crippen LogP contribution in [0.2, 0.25) is 0 Å². The van der Waals surface area contributed by atoms with Crippen molar-refractivity contribution in [3.05, 3.63) is 0 Å². The molecular formula is C8H16N6O. The quantitative estimate of drug-likeness (QED) is 0.727. The molecule has 0 aliphatic carbocycles. The van der Waals surface area contributed by atoms with Gasteiger partial charge in [-0.3, -0.25) is 4.79 Å². The molecule has 1 aromatic heterocycles. The van der Waals surface area contributed by atoms with Crippen molar-refractivity contribution in [2.24, 2.45) is 7.05 Å². The Bertz CT molecular complexity index is 336. The summed E-state index contributed by atoms with van der Waals surface area (Å²) in [6.45, 7) is 4.39. The zero-order valence-corrected chi connectivity index (χ0v) is 9.43. The predicted molar refractivity (Wildman–Crippen MR) is 55.2 cm³/mol. The molecule has 1 unspecified atom stereocenters. The molecule has 1 heterocycles. The van der Waals surface area contributed by atoms with Gasteiger partial charge in [-0.25, -0.2) is 4.68 Å². The maximum Gasteiger partial charge on any atom is 0.244 e. The van der Waals surface area contributed by atoms with Gasteiger partial charge >= 0.3 is 0 Å². The molecule has 1 amide bonds. The maximum atomic E-state index is 11.7. The van der Waals surface area contributed by atoms with E-state index in [0.29, 0.717) is 12.5 Å². The SMILES string of the molecule is CCN(C)C(=O)C(C)Nc1nnnn1C. The summed E-state index contributed by atoms with van der Waals surface area (Å²) in [5.74, 6) is 0.501. The largest absolute Gasteiger partial charge is 0.344 e. The molecule has 0 aliphatic rings. The Morgan fingerprint density at radius 3 is 2.80 bits per heavy atom. The number of aromatic nitrogens is 4. The molecule has 7 nitrogen and oxygen atoms in total.